The molecule has 0 spiro atoms. The lowest BCUT2D eigenvalue weighted by Gasteiger charge is -2.08. The number of carbonyl (C=O) groups excluding carboxylic acids is 1. The molecule has 3 rings (SSSR count). The van der Waals surface area contributed by atoms with Gasteiger partial charge in [0, 0.05) is 18.3 Å². The zero-order valence-corrected chi connectivity index (χ0v) is 11.9. The van der Waals surface area contributed by atoms with Crippen molar-refractivity contribution < 1.29 is 19.0 Å². The molecule has 2 aromatic carbocycles. The predicted octanol–water partition coefficient (Wildman–Crippen LogP) is 1.89. The molecule has 0 bridgehead atoms. The summed E-state index contributed by atoms with van der Waals surface area (Å²) in [5.74, 6) is 1.61. The first-order chi connectivity index (χ1) is 10.7. The molecule has 22 heavy (non-hydrogen) atoms. The fourth-order valence-corrected chi connectivity index (χ4v) is 2.04. The molecule has 0 radical (unpaired) electrons. The van der Waals surface area contributed by atoms with Crippen molar-refractivity contribution in [2.75, 3.05) is 18.7 Å². The molecule has 1 amide bonds. The number of hydrogen-bond acceptors (Lipinski definition) is 5. The van der Waals surface area contributed by atoms with Crippen molar-refractivity contribution in [3.05, 3.63) is 48.0 Å². The average Bonchev–Trinajstić information content (AvgIpc) is 3.01. The Morgan fingerprint density at radius 3 is 2.68 bits per heavy atom. The molecule has 0 atom stereocenters. The molecule has 1 aliphatic rings. The van der Waals surface area contributed by atoms with Crippen LogP contribution in [0.4, 0.5) is 5.69 Å². The number of benzene rings is 2. The van der Waals surface area contributed by atoms with Gasteiger partial charge in [0.25, 0.3) is 5.91 Å². The van der Waals surface area contributed by atoms with Crippen LogP contribution in [0, 0.1) is 0 Å². The summed E-state index contributed by atoms with van der Waals surface area (Å²) in [4.78, 5) is 11.9. The van der Waals surface area contributed by atoms with E-state index in [1.54, 1.807) is 30.3 Å². The molecule has 0 saturated heterocycles. The second kappa shape index (κ2) is 6.36. The van der Waals surface area contributed by atoms with E-state index in [-0.39, 0.29) is 19.3 Å². The van der Waals surface area contributed by atoms with Crippen LogP contribution in [-0.2, 0) is 11.3 Å². The van der Waals surface area contributed by atoms with Crippen molar-refractivity contribution in [1.29, 1.82) is 0 Å². The summed E-state index contributed by atoms with van der Waals surface area (Å²) in [6.07, 6.45) is 0. The summed E-state index contributed by atoms with van der Waals surface area (Å²) < 4.78 is 15.9. The molecule has 3 N–H and O–H groups in total. The van der Waals surface area contributed by atoms with E-state index in [0.717, 1.165) is 5.56 Å². The zero-order valence-electron chi connectivity index (χ0n) is 11.9. The molecule has 6 heteroatoms. The minimum absolute atomic E-state index is 0.0850. The number of nitrogens with two attached hydrogens (primary N) is 1. The summed E-state index contributed by atoms with van der Waals surface area (Å²) in [7, 11) is 0. The van der Waals surface area contributed by atoms with Gasteiger partial charge >= 0.3 is 0 Å². The van der Waals surface area contributed by atoms with Crippen molar-refractivity contribution in [3.63, 3.8) is 0 Å². The maximum atomic E-state index is 11.9. The summed E-state index contributed by atoms with van der Waals surface area (Å²) >= 11 is 0. The first kappa shape index (κ1) is 14.2. The Hall–Kier alpha value is -2.73. The van der Waals surface area contributed by atoms with E-state index in [2.05, 4.69) is 5.32 Å². The molecular formula is C16H16N2O4. The summed E-state index contributed by atoms with van der Waals surface area (Å²) in [5, 5.41) is 2.76. The van der Waals surface area contributed by atoms with Crippen LogP contribution >= 0.6 is 0 Å². The molecule has 2 aromatic rings. The summed E-state index contributed by atoms with van der Waals surface area (Å²) in [6.45, 7) is 0.595. The van der Waals surface area contributed by atoms with E-state index in [4.69, 9.17) is 19.9 Å². The second-order valence-electron chi connectivity index (χ2n) is 4.75. The van der Waals surface area contributed by atoms with Crippen molar-refractivity contribution in [2.24, 2.45) is 5.73 Å². The van der Waals surface area contributed by atoms with Gasteiger partial charge in [-0.3, -0.25) is 4.79 Å². The quantitative estimate of drug-likeness (QED) is 0.881. The largest absolute Gasteiger partial charge is 0.484 e. The van der Waals surface area contributed by atoms with E-state index >= 15 is 0 Å². The molecule has 1 aliphatic heterocycles. The lowest BCUT2D eigenvalue weighted by molar-refractivity contribution is -0.118. The highest BCUT2D eigenvalue weighted by Gasteiger charge is 2.14. The van der Waals surface area contributed by atoms with Gasteiger partial charge in [-0.25, -0.2) is 0 Å². The highest BCUT2D eigenvalue weighted by molar-refractivity contribution is 5.91. The lowest BCUT2D eigenvalue weighted by Crippen LogP contribution is -2.20. The number of fused-ring (bicyclic) bond motifs is 1. The molecule has 0 aliphatic carbocycles. The van der Waals surface area contributed by atoms with Gasteiger partial charge in [-0.15, -0.1) is 0 Å². The summed E-state index contributed by atoms with van der Waals surface area (Å²) in [6, 6.07) is 12.5. The number of anilines is 1. The minimum atomic E-state index is -0.238. The van der Waals surface area contributed by atoms with Crippen LogP contribution in [0.5, 0.6) is 17.2 Å². The van der Waals surface area contributed by atoms with Gasteiger partial charge in [-0.05, 0) is 29.8 Å². The SMILES string of the molecule is NCc1ccc(NC(=O)COc2ccc3c(c2)OCO3)cc1. The second-order valence-corrected chi connectivity index (χ2v) is 4.75. The van der Waals surface area contributed by atoms with Gasteiger partial charge in [0.05, 0.1) is 0 Å². The third-order valence-electron chi connectivity index (χ3n) is 3.19. The van der Waals surface area contributed by atoms with Crippen LogP contribution in [-0.4, -0.2) is 19.3 Å². The standard InChI is InChI=1S/C16H16N2O4/c17-8-11-1-3-12(4-2-11)18-16(19)9-20-13-5-6-14-15(7-13)22-10-21-14/h1-7H,8-10,17H2,(H,18,19). The van der Waals surface area contributed by atoms with Crippen LogP contribution in [0.1, 0.15) is 5.56 Å². The normalized spacial score (nSPS) is 12.0. The number of nitrogens with one attached hydrogen (secondary N) is 1. The van der Waals surface area contributed by atoms with Gasteiger partial charge in [-0.1, -0.05) is 12.1 Å². The molecule has 0 aromatic heterocycles. The van der Waals surface area contributed by atoms with Gasteiger partial charge in [0.2, 0.25) is 6.79 Å². The first-order valence-electron chi connectivity index (χ1n) is 6.86. The molecule has 1 heterocycles. The minimum Gasteiger partial charge on any atom is -0.484 e. The Kier molecular flexibility index (Phi) is 4.11. The third kappa shape index (κ3) is 3.29. The molecule has 6 nitrogen and oxygen atoms in total. The predicted molar refractivity (Wildman–Crippen MR) is 81.0 cm³/mol. The van der Waals surface area contributed by atoms with E-state index in [0.29, 0.717) is 29.5 Å². The Labute approximate surface area is 127 Å². The number of rotatable bonds is 5. The van der Waals surface area contributed by atoms with E-state index < -0.39 is 0 Å². The monoisotopic (exact) mass is 300 g/mol. The Morgan fingerprint density at radius 1 is 1.14 bits per heavy atom. The highest BCUT2D eigenvalue weighted by atomic mass is 16.7. The van der Waals surface area contributed by atoms with E-state index in [1.807, 2.05) is 12.1 Å². The van der Waals surface area contributed by atoms with Crippen molar-refractivity contribution >= 4 is 11.6 Å². The number of carbonyl (C=O) groups is 1. The van der Waals surface area contributed by atoms with Gasteiger partial charge in [-0.2, -0.15) is 0 Å². The van der Waals surface area contributed by atoms with Gasteiger partial charge in [0.1, 0.15) is 5.75 Å². The molecule has 0 saturated carbocycles. The van der Waals surface area contributed by atoms with Crippen LogP contribution in [0.15, 0.2) is 42.5 Å². The number of ether oxygens (including phenoxy) is 3. The smallest absolute Gasteiger partial charge is 0.262 e. The van der Waals surface area contributed by atoms with Crippen molar-refractivity contribution in [3.8, 4) is 17.2 Å². The Bertz CT molecular complexity index is 670. The van der Waals surface area contributed by atoms with Crippen LogP contribution in [0.25, 0.3) is 0 Å². The number of amides is 1. The van der Waals surface area contributed by atoms with Crippen LogP contribution < -0.4 is 25.3 Å². The van der Waals surface area contributed by atoms with Crippen LogP contribution in [0.3, 0.4) is 0 Å². The average molecular weight is 300 g/mol. The molecule has 0 fully saturated rings. The molecule has 0 unspecified atom stereocenters. The lowest BCUT2D eigenvalue weighted by atomic mass is 10.2. The zero-order chi connectivity index (χ0) is 15.4. The van der Waals surface area contributed by atoms with Crippen molar-refractivity contribution in [1.82, 2.24) is 0 Å². The Morgan fingerprint density at radius 2 is 1.91 bits per heavy atom. The highest BCUT2D eigenvalue weighted by Crippen LogP contribution is 2.35. The van der Waals surface area contributed by atoms with Crippen LogP contribution in [0.2, 0.25) is 0 Å². The van der Waals surface area contributed by atoms with Crippen molar-refractivity contribution in [2.45, 2.75) is 6.54 Å². The van der Waals surface area contributed by atoms with E-state index in [1.165, 1.54) is 0 Å². The topological polar surface area (TPSA) is 82.8 Å². The Balaban J connectivity index is 1.53. The van der Waals surface area contributed by atoms with E-state index in [9.17, 15) is 4.79 Å². The third-order valence-corrected chi connectivity index (χ3v) is 3.19. The molecular weight excluding hydrogens is 284 g/mol. The maximum Gasteiger partial charge on any atom is 0.262 e. The van der Waals surface area contributed by atoms with Gasteiger partial charge < -0.3 is 25.3 Å². The first-order valence-corrected chi connectivity index (χ1v) is 6.86. The fourth-order valence-electron chi connectivity index (χ4n) is 2.04. The molecule has 114 valence electrons. The maximum absolute atomic E-state index is 11.9. The fraction of sp³-hybridized carbons (Fsp3) is 0.188. The summed E-state index contributed by atoms with van der Waals surface area (Å²) in [5.41, 5.74) is 7.24. The number of hydrogen-bond donors (Lipinski definition) is 2. The van der Waals surface area contributed by atoms with Gasteiger partial charge in [0.15, 0.2) is 18.1 Å².